The lowest BCUT2D eigenvalue weighted by Crippen LogP contribution is -2.19. The maximum Gasteiger partial charge on any atom is 0.261 e. The first-order chi connectivity index (χ1) is 21.1. The number of amides is 2. The van der Waals surface area contributed by atoms with Crippen molar-refractivity contribution in [2.75, 3.05) is 15.4 Å². The number of nitrogens with one attached hydrogen (secondary N) is 3. The summed E-state index contributed by atoms with van der Waals surface area (Å²) in [5.41, 5.74) is 2.81. The molecule has 0 atom stereocenters. The van der Waals surface area contributed by atoms with Gasteiger partial charge in [-0.05, 0) is 79.7 Å². The summed E-state index contributed by atoms with van der Waals surface area (Å²) in [6.07, 6.45) is 0. The smallest absolute Gasteiger partial charge is 0.261 e. The summed E-state index contributed by atoms with van der Waals surface area (Å²) in [5.74, 6) is -1.86. The number of carbonyl (C=O) groups excluding carboxylic acids is 3. The summed E-state index contributed by atoms with van der Waals surface area (Å²) in [5, 5.41) is 5.53. The summed E-state index contributed by atoms with van der Waals surface area (Å²) in [6.45, 7) is 1.85. The molecule has 8 nitrogen and oxygen atoms in total. The minimum absolute atomic E-state index is 0.113. The molecule has 2 amide bonds. The number of anilines is 3. The van der Waals surface area contributed by atoms with Gasteiger partial charge in [-0.1, -0.05) is 54.1 Å². The zero-order chi connectivity index (χ0) is 31.3. The van der Waals surface area contributed by atoms with Crippen LogP contribution in [-0.2, 0) is 10.0 Å². The van der Waals surface area contributed by atoms with Crippen molar-refractivity contribution in [1.29, 1.82) is 0 Å². The van der Waals surface area contributed by atoms with Gasteiger partial charge in [-0.3, -0.25) is 19.1 Å². The van der Waals surface area contributed by atoms with Crippen molar-refractivity contribution >= 4 is 44.7 Å². The molecule has 0 fully saturated rings. The second-order valence-corrected chi connectivity index (χ2v) is 11.5. The fraction of sp³-hybridized carbons (Fsp3) is 0.0294. The predicted octanol–water partition coefficient (Wildman–Crippen LogP) is 6.67. The molecule has 0 unspecified atom stereocenters. The van der Waals surface area contributed by atoms with Crippen molar-refractivity contribution in [3.8, 4) is 0 Å². The van der Waals surface area contributed by atoms with Gasteiger partial charge in [0.05, 0.1) is 21.8 Å². The molecule has 0 saturated heterocycles. The van der Waals surface area contributed by atoms with Crippen LogP contribution in [0.4, 0.5) is 21.5 Å². The van der Waals surface area contributed by atoms with Gasteiger partial charge < -0.3 is 10.6 Å². The Labute approximate surface area is 253 Å². The average Bonchev–Trinajstić information content (AvgIpc) is 3.02. The molecular formula is C34H26FN3O5S. The number of halogens is 1. The van der Waals surface area contributed by atoms with Gasteiger partial charge in [-0.25, -0.2) is 12.8 Å². The highest BCUT2D eigenvalue weighted by atomic mass is 32.2. The zero-order valence-electron chi connectivity index (χ0n) is 23.4. The van der Waals surface area contributed by atoms with Gasteiger partial charge in [-0.15, -0.1) is 0 Å². The van der Waals surface area contributed by atoms with Crippen molar-refractivity contribution in [2.24, 2.45) is 0 Å². The molecule has 220 valence electrons. The lowest BCUT2D eigenvalue weighted by atomic mass is 9.99. The number of hydrogen-bond donors (Lipinski definition) is 3. The van der Waals surface area contributed by atoms with E-state index in [-0.39, 0.29) is 33.2 Å². The molecule has 44 heavy (non-hydrogen) atoms. The van der Waals surface area contributed by atoms with Crippen molar-refractivity contribution in [1.82, 2.24) is 0 Å². The predicted molar refractivity (Wildman–Crippen MR) is 167 cm³/mol. The molecule has 10 heteroatoms. The molecule has 0 radical (unpaired) electrons. The van der Waals surface area contributed by atoms with Crippen molar-refractivity contribution in [3.63, 3.8) is 0 Å². The molecule has 5 aromatic rings. The Morgan fingerprint density at radius 2 is 1.23 bits per heavy atom. The monoisotopic (exact) mass is 607 g/mol. The van der Waals surface area contributed by atoms with Crippen molar-refractivity contribution < 1.29 is 27.2 Å². The topological polar surface area (TPSA) is 121 Å². The van der Waals surface area contributed by atoms with Gasteiger partial charge in [0, 0.05) is 22.4 Å². The van der Waals surface area contributed by atoms with Gasteiger partial charge in [-0.2, -0.15) is 0 Å². The number of aryl methyl sites for hydroxylation is 1. The first-order valence-electron chi connectivity index (χ1n) is 13.4. The Morgan fingerprint density at radius 1 is 0.614 bits per heavy atom. The molecule has 0 aliphatic rings. The van der Waals surface area contributed by atoms with Crippen LogP contribution in [0.1, 0.15) is 42.2 Å². The fourth-order valence-electron chi connectivity index (χ4n) is 4.39. The molecule has 0 aliphatic carbocycles. The van der Waals surface area contributed by atoms with Crippen LogP contribution < -0.4 is 15.4 Å². The summed E-state index contributed by atoms with van der Waals surface area (Å²) in [4.78, 5) is 39.6. The third-order valence-electron chi connectivity index (χ3n) is 6.65. The van der Waals surface area contributed by atoms with Crippen LogP contribution in [0.5, 0.6) is 0 Å². The first-order valence-corrected chi connectivity index (χ1v) is 14.9. The van der Waals surface area contributed by atoms with Crippen LogP contribution in [0, 0.1) is 12.7 Å². The van der Waals surface area contributed by atoms with E-state index in [0.29, 0.717) is 16.8 Å². The molecule has 0 saturated carbocycles. The Bertz CT molecular complexity index is 1960. The van der Waals surface area contributed by atoms with Crippen molar-refractivity contribution in [2.45, 2.75) is 11.8 Å². The van der Waals surface area contributed by atoms with E-state index in [1.54, 1.807) is 66.7 Å². The van der Waals surface area contributed by atoms with E-state index in [1.165, 1.54) is 24.3 Å². The number of benzene rings is 5. The number of hydrogen-bond acceptors (Lipinski definition) is 5. The highest BCUT2D eigenvalue weighted by Gasteiger charge is 2.19. The van der Waals surface area contributed by atoms with E-state index in [2.05, 4.69) is 15.4 Å². The van der Waals surface area contributed by atoms with Crippen molar-refractivity contribution in [3.05, 3.63) is 155 Å². The molecule has 0 bridgehead atoms. The summed E-state index contributed by atoms with van der Waals surface area (Å²) >= 11 is 0. The molecule has 0 aliphatic heterocycles. The lowest BCUT2D eigenvalue weighted by molar-refractivity contribution is 0.102. The van der Waals surface area contributed by atoms with E-state index in [0.717, 1.165) is 29.8 Å². The van der Waals surface area contributed by atoms with Crippen LogP contribution in [0.3, 0.4) is 0 Å². The van der Waals surface area contributed by atoms with Crippen LogP contribution in [0.15, 0.2) is 126 Å². The largest absolute Gasteiger partial charge is 0.321 e. The third kappa shape index (κ3) is 6.88. The number of rotatable bonds is 9. The molecule has 3 N–H and O–H groups in total. The Balaban J connectivity index is 1.31. The molecule has 5 rings (SSSR count). The normalized spacial score (nSPS) is 11.0. The second-order valence-electron chi connectivity index (χ2n) is 9.83. The molecule has 0 spiro atoms. The Kier molecular flexibility index (Phi) is 8.63. The zero-order valence-corrected chi connectivity index (χ0v) is 24.2. The maximum absolute atomic E-state index is 13.4. The van der Waals surface area contributed by atoms with Gasteiger partial charge >= 0.3 is 0 Å². The number of para-hydroxylation sites is 1. The molecule has 0 heterocycles. The summed E-state index contributed by atoms with van der Waals surface area (Å²) in [7, 11) is -3.96. The number of ketones is 1. The maximum atomic E-state index is 13.4. The highest BCUT2D eigenvalue weighted by Crippen LogP contribution is 2.24. The fourth-order valence-corrected chi connectivity index (χ4v) is 5.45. The average molecular weight is 608 g/mol. The first kappa shape index (κ1) is 29.9. The third-order valence-corrected chi connectivity index (χ3v) is 8.04. The van der Waals surface area contributed by atoms with Gasteiger partial charge in [0.2, 0.25) is 0 Å². The van der Waals surface area contributed by atoms with Crippen LogP contribution >= 0.6 is 0 Å². The SMILES string of the molecule is Cc1ccc(NC(=O)c2ccccc2NC(=O)c2ccc(NS(=O)(=O)c3ccc(F)cc3)cc2)c(C(=O)c2ccccc2)c1. The lowest BCUT2D eigenvalue weighted by Gasteiger charge is -2.14. The van der Waals surface area contributed by atoms with Crippen LogP contribution in [0.25, 0.3) is 0 Å². The molecule has 0 aromatic heterocycles. The van der Waals surface area contributed by atoms with Crippen LogP contribution in [0.2, 0.25) is 0 Å². The Hall–Kier alpha value is -5.61. The highest BCUT2D eigenvalue weighted by molar-refractivity contribution is 7.92. The molecular weight excluding hydrogens is 581 g/mol. The van der Waals surface area contributed by atoms with Gasteiger partial charge in [0.25, 0.3) is 21.8 Å². The van der Waals surface area contributed by atoms with E-state index in [4.69, 9.17) is 0 Å². The quantitative estimate of drug-likeness (QED) is 0.162. The van der Waals surface area contributed by atoms with E-state index >= 15 is 0 Å². The van der Waals surface area contributed by atoms with Gasteiger partial charge in [0.15, 0.2) is 5.78 Å². The minimum atomic E-state index is -3.96. The van der Waals surface area contributed by atoms with E-state index in [1.807, 2.05) is 13.0 Å². The van der Waals surface area contributed by atoms with E-state index in [9.17, 15) is 27.2 Å². The van der Waals surface area contributed by atoms with E-state index < -0.39 is 27.7 Å². The standard InChI is InChI=1S/C34H26FN3O5S/c1-22-11-20-31(29(21-22)32(39)23-7-3-2-4-8-23)37-34(41)28-9-5-6-10-30(28)36-33(40)24-12-16-26(17-13-24)38-44(42,43)27-18-14-25(35)15-19-27/h2-21,38H,1H3,(H,36,40)(H,37,41). The van der Waals surface area contributed by atoms with Gasteiger partial charge in [0.1, 0.15) is 5.82 Å². The van der Waals surface area contributed by atoms with Crippen LogP contribution in [-0.4, -0.2) is 26.0 Å². The Morgan fingerprint density at radius 3 is 1.93 bits per heavy atom. The number of sulfonamides is 1. The minimum Gasteiger partial charge on any atom is -0.321 e. The molecule has 5 aromatic carbocycles. The second kappa shape index (κ2) is 12.7. The summed E-state index contributed by atoms with van der Waals surface area (Å²) < 4.78 is 40.7. The summed E-state index contributed by atoms with van der Waals surface area (Å²) in [6, 6.07) is 30.4. The number of carbonyl (C=O) groups is 3.